The molecule has 0 aliphatic carbocycles. The molecule has 0 amide bonds. The Labute approximate surface area is 69.2 Å². The topological polar surface area (TPSA) is 49.5 Å². The highest BCUT2D eigenvalue weighted by Gasteiger charge is 2.17. The van der Waals surface area contributed by atoms with Crippen LogP contribution in [0, 0.1) is 0 Å². The summed E-state index contributed by atoms with van der Waals surface area (Å²) in [4.78, 5) is 2.16. The first-order valence-corrected chi connectivity index (χ1v) is 4.13. The van der Waals surface area contributed by atoms with Crippen LogP contribution in [0.15, 0.2) is 0 Å². The molecule has 68 valence electrons. The summed E-state index contributed by atoms with van der Waals surface area (Å²) in [7, 11) is 2.03. The predicted molar refractivity (Wildman–Crippen MR) is 47.5 cm³/mol. The van der Waals surface area contributed by atoms with E-state index in [9.17, 15) is 5.11 Å². The number of rotatable bonds is 5. The first kappa shape index (κ1) is 10.9. The van der Waals surface area contributed by atoms with Gasteiger partial charge < -0.3 is 15.7 Å². The average molecular weight is 160 g/mol. The molecule has 0 aromatic rings. The minimum absolute atomic E-state index is 0.338. The molecule has 0 saturated carbocycles. The van der Waals surface area contributed by atoms with Crippen LogP contribution in [-0.4, -0.2) is 42.3 Å². The van der Waals surface area contributed by atoms with Gasteiger partial charge in [-0.3, -0.25) is 0 Å². The van der Waals surface area contributed by atoms with Crippen LogP contribution in [-0.2, 0) is 0 Å². The molecule has 1 atom stereocenters. The summed E-state index contributed by atoms with van der Waals surface area (Å²) in [5.74, 6) is 0. The molecule has 0 radical (unpaired) electrons. The SMILES string of the molecule is CCN(C)CCC(C)(O)CN. The highest BCUT2D eigenvalue weighted by molar-refractivity contribution is 4.74. The first-order valence-electron chi connectivity index (χ1n) is 4.13. The zero-order chi connectivity index (χ0) is 8.91. The first-order chi connectivity index (χ1) is 5.02. The van der Waals surface area contributed by atoms with Crippen molar-refractivity contribution >= 4 is 0 Å². The van der Waals surface area contributed by atoms with E-state index >= 15 is 0 Å². The number of nitrogens with two attached hydrogens (primary N) is 1. The number of hydrogen-bond acceptors (Lipinski definition) is 3. The Kier molecular flexibility index (Phi) is 4.65. The maximum atomic E-state index is 9.52. The van der Waals surface area contributed by atoms with E-state index in [2.05, 4.69) is 11.8 Å². The average Bonchev–Trinajstić information content (AvgIpc) is 2.00. The Bertz CT molecular complexity index is 104. The maximum Gasteiger partial charge on any atom is 0.0753 e. The van der Waals surface area contributed by atoms with Crippen LogP contribution in [0.2, 0.25) is 0 Å². The normalized spacial score (nSPS) is 16.9. The van der Waals surface area contributed by atoms with Crippen molar-refractivity contribution in [2.24, 2.45) is 5.73 Å². The fraction of sp³-hybridized carbons (Fsp3) is 1.00. The van der Waals surface area contributed by atoms with Gasteiger partial charge in [-0.2, -0.15) is 0 Å². The molecular formula is C8H20N2O. The van der Waals surface area contributed by atoms with Crippen molar-refractivity contribution in [2.45, 2.75) is 25.9 Å². The Balaban J connectivity index is 3.52. The maximum absolute atomic E-state index is 9.52. The molecule has 0 aliphatic heterocycles. The van der Waals surface area contributed by atoms with E-state index in [0.29, 0.717) is 6.54 Å². The molecule has 0 spiro atoms. The molecule has 1 unspecified atom stereocenters. The molecule has 0 heterocycles. The number of nitrogens with zero attached hydrogens (tertiary/aromatic N) is 1. The van der Waals surface area contributed by atoms with Crippen molar-refractivity contribution in [1.29, 1.82) is 0 Å². The molecule has 11 heavy (non-hydrogen) atoms. The Morgan fingerprint density at radius 3 is 2.45 bits per heavy atom. The summed E-state index contributed by atoms with van der Waals surface area (Å²) in [6.07, 6.45) is 0.744. The third-order valence-corrected chi connectivity index (χ3v) is 2.01. The van der Waals surface area contributed by atoms with Gasteiger partial charge in [0, 0.05) is 13.1 Å². The van der Waals surface area contributed by atoms with Gasteiger partial charge in [-0.1, -0.05) is 6.92 Å². The van der Waals surface area contributed by atoms with Gasteiger partial charge in [0.15, 0.2) is 0 Å². The van der Waals surface area contributed by atoms with Crippen LogP contribution in [0.4, 0.5) is 0 Å². The molecule has 0 saturated heterocycles. The van der Waals surface area contributed by atoms with E-state index in [1.165, 1.54) is 0 Å². The summed E-state index contributed by atoms with van der Waals surface area (Å²) >= 11 is 0. The van der Waals surface area contributed by atoms with Gasteiger partial charge in [-0.05, 0) is 26.9 Å². The van der Waals surface area contributed by atoms with Gasteiger partial charge in [0.2, 0.25) is 0 Å². The Morgan fingerprint density at radius 1 is 1.55 bits per heavy atom. The minimum Gasteiger partial charge on any atom is -0.389 e. The molecule has 3 nitrogen and oxygen atoms in total. The molecule has 3 heteroatoms. The third-order valence-electron chi connectivity index (χ3n) is 2.01. The largest absolute Gasteiger partial charge is 0.389 e. The molecule has 3 N–H and O–H groups in total. The summed E-state index contributed by atoms with van der Waals surface area (Å²) in [6, 6.07) is 0. The van der Waals surface area contributed by atoms with Crippen molar-refractivity contribution < 1.29 is 5.11 Å². The quantitative estimate of drug-likeness (QED) is 0.597. The van der Waals surface area contributed by atoms with Crippen LogP contribution < -0.4 is 5.73 Å². The van der Waals surface area contributed by atoms with Crippen molar-refractivity contribution in [1.82, 2.24) is 4.90 Å². The zero-order valence-corrected chi connectivity index (χ0v) is 7.80. The lowest BCUT2D eigenvalue weighted by Gasteiger charge is -2.24. The fourth-order valence-electron chi connectivity index (χ4n) is 0.692. The highest BCUT2D eigenvalue weighted by atomic mass is 16.3. The van der Waals surface area contributed by atoms with Crippen LogP contribution >= 0.6 is 0 Å². The van der Waals surface area contributed by atoms with Gasteiger partial charge in [-0.15, -0.1) is 0 Å². The smallest absolute Gasteiger partial charge is 0.0753 e. The van der Waals surface area contributed by atoms with Crippen molar-refractivity contribution in [3.63, 3.8) is 0 Å². The Hall–Kier alpha value is -0.120. The summed E-state index contributed by atoms with van der Waals surface area (Å²) in [6.45, 7) is 6.12. The summed E-state index contributed by atoms with van der Waals surface area (Å²) < 4.78 is 0. The summed E-state index contributed by atoms with van der Waals surface area (Å²) in [5.41, 5.74) is 4.67. The Morgan fingerprint density at radius 2 is 2.09 bits per heavy atom. The zero-order valence-electron chi connectivity index (χ0n) is 7.80. The van der Waals surface area contributed by atoms with E-state index in [-0.39, 0.29) is 0 Å². The lowest BCUT2D eigenvalue weighted by molar-refractivity contribution is 0.0509. The standard InChI is InChI=1S/C8H20N2O/c1-4-10(3)6-5-8(2,11)7-9/h11H,4-7,9H2,1-3H3. The number of aliphatic hydroxyl groups is 1. The highest BCUT2D eigenvalue weighted by Crippen LogP contribution is 2.06. The third kappa shape index (κ3) is 5.18. The molecule has 0 rings (SSSR count). The summed E-state index contributed by atoms with van der Waals surface area (Å²) in [5, 5.41) is 9.52. The van der Waals surface area contributed by atoms with Gasteiger partial charge >= 0.3 is 0 Å². The lowest BCUT2D eigenvalue weighted by atomic mass is 10.0. The van der Waals surface area contributed by atoms with E-state index < -0.39 is 5.60 Å². The van der Waals surface area contributed by atoms with Gasteiger partial charge in [0.05, 0.1) is 5.60 Å². The van der Waals surface area contributed by atoms with Crippen LogP contribution in [0.1, 0.15) is 20.3 Å². The molecule has 0 bridgehead atoms. The molecular weight excluding hydrogens is 140 g/mol. The van der Waals surface area contributed by atoms with Gasteiger partial charge in [-0.25, -0.2) is 0 Å². The van der Waals surface area contributed by atoms with E-state index in [1.807, 2.05) is 7.05 Å². The molecule has 0 aliphatic rings. The predicted octanol–water partition coefficient (Wildman–Crippen LogP) is 0.0379. The van der Waals surface area contributed by atoms with Gasteiger partial charge in [0.25, 0.3) is 0 Å². The lowest BCUT2D eigenvalue weighted by Crippen LogP contribution is -2.37. The minimum atomic E-state index is -0.691. The van der Waals surface area contributed by atoms with Crippen LogP contribution in [0.5, 0.6) is 0 Å². The second kappa shape index (κ2) is 4.70. The van der Waals surface area contributed by atoms with E-state index in [1.54, 1.807) is 6.92 Å². The molecule has 0 fully saturated rings. The van der Waals surface area contributed by atoms with Gasteiger partial charge in [0.1, 0.15) is 0 Å². The van der Waals surface area contributed by atoms with E-state index in [0.717, 1.165) is 19.5 Å². The fourth-order valence-corrected chi connectivity index (χ4v) is 0.692. The second-order valence-corrected chi connectivity index (χ2v) is 3.35. The van der Waals surface area contributed by atoms with Crippen molar-refractivity contribution in [2.75, 3.05) is 26.7 Å². The van der Waals surface area contributed by atoms with Crippen LogP contribution in [0.3, 0.4) is 0 Å². The van der Waals surface area contributed by atoms with Crippen molar-refractivity contribution in [3.05, 3.63) is 0 Å². The second-order valence-electron chi connectivity index (χ2n) is 3.35. The van der Waals surface area contributed by atoms with Crippen LogP contribution in [0.25, 0.3) is 0 Å². The van der Waals surface area contributed by atoms with E-state index in [4.69, 9.17) is 5.73 Å². The number of hydrogen-bond donors (Lipinski definition) is 2. The van der Waals surface area contributed by atoms with Crippen molar-refractivity contribution in [3.8, 4) is 0 Å². The molecule has 0 aromatic heterocycles. The molecule has 0 aromatic carbocycles. The monoisotopic (exact) mass is 160 g/mol.